The molecule has 6 heterocycles. The fourth-order valence-electron chi connectivity index (χ4n) is 6.08. The molecule has 0 radical (unpaired) electrons. The number of nitrogens with one attached hydrogen (secondary N) is 1. The number of carbonyl (C=O) groups excluding carboxylic acids is 1. The lowest BCUT2D eigenvalue weighted by Crippen LogP contribution is -2.51. The first-order valence-corrected chi connectivity index (χ1v) is 14.1. The number of nitriles is 1. The van der Waals surface area contributed by atoms with Gasteiger partial charge in [-0.1, -0.05) is 30.3 Å². The molecule has 0 unspecified atom stereocenters. The average molecular weight is 559 g/mol. The van der Waals surface area contributed by atoms with Gasteiger partial charge in [-0.15, -0.1) is 0 Å². The Morgan fingerprint density at radius 1 is 0.952 bits per heavy atom. The Kier molecular flexibility index (Phi) is 6.60. The van der Waals surface area contributed by atoms with Gasteiger partial charge in [-0.25, -0.2) is 14.5 Å². The number of nitrogens with zero attached hydrogens (tertiary/aromatic N) is 9. The highest BCUT2D eigenvalue weighted by Crippen LogP contribution is 2.31. The van der Waals surface area contributed by atoms with Gasteiger partial charge in [-0.2, -0.15) is 15.5 Å². The maximum absolute atomic E-state index is 13.5. The molecule has 42 heavy (non-hydrogen) atoms. The van der Waals surface area contributed by atoms with Crippen molar-refractivity contribution in [3.63, 3.8) is 0 Å². The molecule has 2 atom stereocenters. The van der Waals surface area contributed by atoms with Crippen LogP contribution < -0.4 is 10.2 Å². The summed E-state index contributed by atoms with van der Waals surface area (Å²) in [5, 5.41) is 21.8. The molecular weight excluding hydrogens is 528 g/mol. The number of anilines is 1. The van der Waals surface area contributed by atoms with Crippen LogP contribution >= 0.6 is 0 Å². The van der Waals surface area contributed by atoms with Crippen LogP contribution in [0.4, 0.5) is 5.82 Å². The highest BCUT2D eigenvalue weighted by atomic mass is 16.2. The zero-order valence-corrected chi connectivity index (χ0v) is 23.3. The van der Waals surface area contributed by atoms with Crippen molar-refractivity contribution in [2.75, 3.05) is 44.2 Å². The standard InChI is InChI=1S/C31H30N10O/c1-38-19-24(16-35-38)27-20-41-30(23(13-32)15-36-41)29(37-27)22-7-8-28(34-14-22)39-9-11-40(12-10-39)31(42)26-18-33-17-25(26)21-5-3-2-4-6-21/h2-8,14-16,19-20,25-26,33H,9-12,17-18H2,1H3/t25-,26+/m1/s1. The highest BCUT2D eigenvalue weighted by molar-refractivity contribution is 5.83. The molecule has 0 saturated carbocycles. The molecule has 1 aromatic carbocycles. The molecule has 5 aromatic rings. The number of benzene rings is 1. The van der Waals surface area contributed by atoms with Gasteiger partial charge in [0.2, 0.25) is 5.91 Å². The Labute approximate surface area is 243 Å². The fraction of sp³-hybridized carbons (Fsp3) is 0.290. The molecular formula is C31H30N10O. The molecule has 2 fully saturated rings. The number of aryl methyl sites for hydroxylation is 1. The molecule has 0 spiro atoms. The van der Waals surface area contributed by atoms with Gasteiger partial charge in [0, 0.05) is 75.8 Å². The molecule has 7 rings (SSSR count). The Morgan fingerprint density at radius 2 is 1.79 bits per heavy atom. The number of aromatic nitrogens is 6. The van der Waals surface area contributed by atoms with E-state index in [0.29, 0.717) is 48.6 Å². The number of piperazine rings is 1. The van der Waals surface area contributed by atoms with E-state index in [4.69, 9.17) is 9.97 Å². The largest absolute Gasteiger partial charge is 0.353 e. The van der Waals surface area contributed by atoms with Crippen molar-refractivity contribution in [1.29, 1.82) is 5.26 Å². The van der Waals surface area contributed by atoms with Crippen molar-refractivity contribution < 1.29 is 4.79 Å². The summed E-state index contributed by atoms with van der Waals surface area (Å²) in [4.78, 5) is 27.4. The van der Waals surface area contributed by atoms with E-state index in [1.54, 1.807) is 27.8 Å². The van der Waals surface area contributed by atoms with Gasteiger partial charge < -0.3 is 15.1 Å². The fourth-order valence-corrected chi connectivity index (χ4v) is 6.08. The third kappa shape index (κ3) is 4.65. The van der Waals surface area contributed by atoms with Crippen molar-refractivity contribution in [3.8, 4) is 28.6 Å². The van der Waals surface area contributed by atoms with Crippen molar-refractivity contribution >= 4 is 17.2 Å². The van der Waals surface area contributed by atoms with E-state index < -0.39 is 0 Å². The second-order valence-electron chi connectivity index (χ2n) is 10.8. The molecule has 0 bridgehead atoms. The van der Waals surface area contributed by atoms with Gasteiger partial charge in [0.05, 0.1) is 35.9 Å². The summed E-state index contributed by atoms with van der Waals surface area (Å²) in [6, 6.07) is 16.5. The first-order valence-electron chi connectivity index (χ1n) is 14.1. The minimum Gasteiger partial charge on any atom is -0.353 e. The molecule has 1 N–H and O–H groups in total. The minimum atomic E-state index is -0.0371. The topological polar surface area (TPSA) is 120 Å². The van der Waals surface area contributed by atoms with Gasteiger partial charge in [-0.3, -0.25) is 9.48 Å². The highest BCUT2D eigenvalue weighted by Gasteiger charge is 2.37. The summed E-state index contributed by atoms with van der Waals surface area (Å²) in [6.07, 6.45) is 8.81. The Morgan fingerprint density at radius 3 is 2.50 bits per heavy atom. The van der Waals surface area contributed by atoms with Crippen LogP contribution in [0.15, 0.2) is 73.4 Å². The molecule has 0 aliphatic carbocycles. The molecule has 2 saturated heterocycles. The molecule has 11 nitrogen and oxygen atoms in total. The number of hydrogen-bond donors (Lipinski definition) is 1. The van der Waals surface area contributed by atoms with E-state index in [0.717, 1.165) is 30.0 Å². The molecule has 1 amide bonds. The Balaban J connectivity index is 1.08. The summed E-state index contributed by atoms with van der Waals surface area (Å²) < 4.78 is 3.41. The smallest absolute Gasteiger partial charge is 0.227 e. The van der Waals surface area contributed by atoms with Crippen molar-refractivity contribution in [1.82, 2.24) is 39.6 Å². The van der Waals surface area contributed by atoms with Crippen LogP contribution in [0.25, 0.3) is 28.0 Å². The third-order valence-electron chi connectivity index (χ3n) is 8.31. The minimum absolute atomic E-state index is 0.0371. The zero-order valence-electron chi connectivity index (χ0n) is 23.3. The maximum atomic E-state index is 13.5. The van der Waals surface area contributed by atoms with Gasteiger partial charge in [0.25, 0.3) is 0 Å². The lowest BCUT2D eigenvalue weighted by molar-refractivity contribution is -0.135. The average Bonchev–Trinajstić information content (AvgIpc) is 3.81. The van der Waals surface area contributed by atoms with Gasteiger partial charge in [0.1, 0.15) is 23.0 Å². The van der Waals surface area contributed by atoms with Crippen LogP contribution in [0.5, 0.6) is 0 Å². The second kappa shape index (κ2) is 10.7. The molecule has 2 aliphatic heterocycles. The van der Waals surface area contributed by atoms with Crippen LogP contribution in [0, 0.1) is 17.2 Å². The number of hydrogen-bond acceptors (Lipinski definition) is 8. The first kappa shape index (κ1) is 25.9. The van der Waals surface area contributed by atoms with E-state index in [-0.39, 0.29) is 17.7 Å². The first-order chi connectivity index (χ1) is 20.6. The normalized spacial score (nSPS) is 18.9. The number of amides is 1. The number of pyridine rings is 1. The second-order valence-corrected chi connectivity index (χ2v) is 10.8. The van der Waals surface area contributed by atoms with E-state index in [1.165, 1.54) is 5.56 Å². The van der Waals surface area contributed by atoms with Crippen LogP contribution in [0.3, 0.4) is 0 Å². The Bertz CT molecular complexity index is 1780. The molecule has 11 heteroatoms. The number of carbonyl (C=O) groups is 1. The zero-order chi connectivity index (χ0) is 28.6. The molecule has 4 aromatic heterocycles. The van der Waals surface area contributed by atoms with E-state index >= 15 is 0 Å². The van der Waals surface area contributed by atoms with Crippen LogP contribution in [-0.4, -0.2) is 79.4 Å². The van der Waals surface area contributed by atoms with E-state index in [2.05, 4.69) is 38.6 Å². The van der Waals surface area contributed by atoms with Crippen LogP contribution in [0.1, 0.15) is 17.0 Å². The summed E-state index contributed by atoms with van der Waals surface area (Å²) in [6.45, 7) is 4.31. The number of fused-ring (bicyclic) bond motifs is 1. The van der Waals surface area contributed by atoms with Crippen molar-refractivity contribution in [2.45, 2.75) is 5.92 Å². The summed E-state index contributed by atoms with van der Waals surface area (Å²) >= 11 is 0. The van der Waals surface area contributed by atoms with Gasteiger partial charge >= 0.3 is 0 Å². The monoisotopic (exact) mass is 558 g/mol. The summed E-state index contributed by atoms with van der Waals surface area (Å²) in [5.41, 5.74) is 5.30. The summed E-state index contributed by atoms with van der Waals surface area (Å²) in [5.74, 6) is 1.25. The van der Waals surface area contributed by atoms with Crippen LogP contribution in [-0.2, 0) is 11.8 Å². The van der Waals surface area contributed by atoms with Gasteiger partial charge in [-0.05, 0) is 17.7 Å². The van der Waals surface area contributed by atoms with E-state index in [9.17, 15) is 10.1 Å². The van der Waals surface area contributed by atoms with Crippen molar-refractivity contribution in [2.24, 2.45) is 13.0 Å². The predicted octanol–water partition coefficient (Wildman–Crippen LogP) is 2.72. The number of rotatable bonds is 5. The quantitative estimate of drug-likeness (QED) is 0.350. The lowest BCUT2D eigenvalue weighted by atomic mass is 9.88. The van der Waals surface area contributed by atoms with Crippen LogP contribution in [0.2, 0.25) is 0 Å². The molecule has 210 valence electrons. The Hall–Kier alpha value is -5.08. The summed E-state index contributed by atoms with van der Waals surface area (Å²) in [7, 11) is 1.86. The van der Waals surface area contributed by atoms with Crippen molar-refractivity contribution in [3.05, 3.63) is 84.6 Å². The maximum Gasteiger partial charge on any atom is 0.227 e. The predicted molar refractivity (Wildman–Crippen MR) is 157 cm³/mol. The lowest BCUT2D eigenvalue weighted by Gasteiger charge is -2.37. The molecule has 2 aliphatic rings. The van der Waals surface area contributed by atoms with Gasteiger partial charge in [0.15, 0.2) is 0 Å². The third-order valence-corrected chi connectivity index (χ3v) is 8.31. The van der Waals surface area contributed by atoms with E-state index in [1.807, 2.05) is 54.7 Å². The SMILES string of the molecule is Cn1cc(-c2cn3ncc(C#N)c3c(-c3ccc(N4CCN(C(=O)[C@H]5CNC[C@@H]5c5ccccc5)CC4)nc3)n2)cn1.